The fourth-order valence-corrected chi connectivity index (χ4v) is 3.74. The lowest BCUT2D eigenvalue weighted by Crippen LogP contribution is -2.43. The second-order valence-electron chi connectivity index (χ2n) is 9.69. The van der Waals surface area contributed by atoms with Crippen LogP contribution in [0.5, 0.6) is 5.75 Å². The van der Waals surface area contributed by atoms with E-state index < -0.39 is 35.4 Å². The average Bonchev–Trinajstić information content (AvgIpc) is 2.82. The Morgan fingerprint density at radius 2 is 1.79 bits per heavy atom. The van der Waals surface area contributed by atoms with Crippen LogP contribution in [-0.4, -0.2) is 43.7 Å². The fraction of sp³-hybridized carbons (Fsp3) is 0.615. The zero-order valence-electron chi connectivity index (χ0n) is 22.1. The number of hydrogen-bond acceptors (Lipinski definition) is 6. The largest absolute Gasteiger partial charge is 0.478 e. The van der Waals surface area contributed by atoms with Crippen LogP contribution < -0.4 is 21.3 Å². The molecule has 0 saturated carbocycles. The van der Waals surface area contributed by atoms with Gasteiger partial charge in [0.2, 0.25) is 5.82 Å². The van der Waals surface area contributed by atoms with Crippen LogP contribution >= 0.6 is 0 Å². The van der Waals surface area contributed by atoms with Gasteiger partial charge in [0, 0.05) is 26.1 Å². The number of carboxylic acids is 1. The first-order valence-corrected chi connectivity index (χ1v) is 12.9. The molecule has 212 valence electrons. The van der Waals surface area contributed by atoms with Gasteiger partial charge in [-0.3, -0.25) is 9.36 Å². The summed E-state index contributed by atoms with van der Waals surface area (Å²) in [6.45, 7) is 5.09. The number of hydrogen-bond donors (Lipinski definition) is 2. The van der Waals surface area contributed by atoms with E-state index in [1.54, 1.807) is 18.2 Å². The van der Waals surface area contributed by atoms with Crippen LogP contribution in [0.4, 0.5) is 19.0 Å². The molecule has 0 radical (unpaired) electrons. The Morgan fingerprint density at radius 3 is 2.45 bits per heavy atom. The summed E-state index contributed by atoms with van der Waals surface area (Å²) in [6, 6.07) is 6.85. The van der Waals surface area contributed by atoms with Crippen molar-refractivity contribution in [3.63, 3.8) is 0 Å². The zero-order valence-corrected chi connectivity index (χ0v) is 22.1. The first kappa shape index (κ1) is 30.9. The van der Waals surface area contributed by atoms with Crippen LogP contribution in [0.25, 0.3) is 0 Å². The number of benzene rings is 1. The number of nitrogens with one attached hydrogen (secondary N) is 1. The van der Waals surface area contributed by atoms with Gasteiger partial charge in [0.15, 0.2) is 5.60 Å². The van der Waals surface area contributed by atoms with Crippen molar-refractivity contribution in [2.24, 2.45) is 0 Å². The van der Waals surface area contributed by atoms with Gasteiger partial charge in [-0.25, -0.2) is 14.3 Å². The van der Waals surface area contributed by atoms with Crippen LogP contribution in [-0.2, 0) is 24.3 Å². The molecular formula is C26H37F3N4O5. The number of aromatic nitrogens is 3. The molecule has 0 aliphatic carbocycles. The number of aryl methyl sites for hydroxylation is 1. The highest BCUT2D eigenvalue weighted by molar-refractivity contribution is 5.76. The minimum atomic E-state index is -4.35. The van der Waals surface area contributed by atoms with E-state index in [4.69, 9.17) is 4.74 Å². The number of aliphatic carboxylic acids is 1. The monoisotopic (exact) mass is 542 g/mol. The molecule has 0 spiro atoms. The van der Waals surface area contributed by atoms with Gasteiger partial charge in [0.05, 0.1) is 0 Å². The molecule has 0 unspecified atom stereocenters. The number of rotatable bonds is 16. The third-order valence-corrected chi connectivity index (χ3v) is 5.93. The molecule has 1 aromatic carbocycles. The number of carbonyl (C=O) groups is 1. The highest BCUT2D eigenvalue weighted by Gasteiger charge is 2.29. The predicted molar refractivity (Wildman–Crippen MR) is 138 cm³/mol. The standard InChI is InChI=1S/C26H37F3N4O5/c1-4-5-6-7-8-16-32-22(34)21(31-33(24(32)37)17-10-14-26(27,28)29)30-15-13-19-11-9-12-20(18-19)38-25(2,3)23(35)36/h9,11-12,18H,4-8,10,13-17H2,1-3H3,(H,30,31)(H,35,36). The Balaban J connectivity index is 2.16. The second-order valence-corrected chi connectivity index (χ2v) is 9.69. The molecule has 0 bridgehead atoms. The lowest BCUT2D eigenvalue weighted by Gasteiger charge is -2.21. The summed E-state index contributed by atoms with van der Waals surface area (Å²) >= 11 is 0. The zero-order chi connectivity index (χ0) is 28.3. The summed E-state index contributed by atoms with van der Waals surface area (Å²) in [5, 5.41) is 16.2. The van der Waals surface area contributed by atoms with Crippen LogP contribution in [0.1, 0.15) is 71.3 Å². The Kier molecular flexibility index (Phi) is 11.4. The van der Waals surface area contributed by atoms with Gasteiger partial charge in [0.25, 0.3) is 5.56 Å². The van der Waals surface area contributed by atoms with Crippen molar-refractivity contribution in [2.45, 2.75) is 97.0 Å². The SMILES string of the molecule is CCCCCCCn1c(=O)c(NCCc2cccc(OC(C)(C)C(=O)O)c2)nn(CCCC(F)(F)F)c1=O. The number of alkyl halides is 3. The van der Waals surface area contributed by atoms with Crippen LogP contribution in [0.3, 0.4) is 0 Å². The molecule has 38 heavy (non-hydrogen) atoms. The molecule has 0 atom stereocenters. The van der Waals surface area contributed by atoms with E-state index in [0.717, 1.165) is 40.5 Å². The third-order valence-electron chi connectivity index (χ3n) is 5.93. The number of halogens is 3. The topological polar surface area (TPSA) is 115 Å². The van der Waals surface area contributed by atoms with Gasteiger partial charge >= 0.3 is 17.8 Å². The van der Waals surface area contributed by atoms with E-state index in [9.17, 15) is 32.7 Å². The summed E-state index contributed by atoms with van der Waals surface area (Å²) in [4.78, 5) is 37.1. The average molecular weight is 543 g/mol. The summed E-state index contributed by atoms with van der Waals surface area (Å²) < 4.78 is 45.4. The first-order chi connectivity index (χ1) is 17.8. The van der Waals surface area contributed by atoms with Crippen molar-refractivity contribution >= 4 is 11.8 Å². The Hall–Kier alpha value is -3.31. The molecule has 9 nitrogen and oxygen atoms in total. The van der Waals surface area contributed by atoms with Crippen molar-refractivity contribution in [3.05, 3.63) is 50.7 Å². The Labute approximate surface area is 219 Å². The molecule has 12 heteroatoms. The van der Waals surface area contributed by atoms with E-state index >= 15 is 0 Å². The number of ether oxygens (including phenoxy) is 1. The molecule has 2 N–H and O–H groups in total. The quantitative estimate of drug-likeness (QED) is 0.298. The first-order valence-electron chi connectivity index (χ1n) is 12.9. The predicted octanol–water partition coefficient (Wildman–Crippen LogP) is 4.61. The molecule has 1 heterocycles. The molecule has 2 rings (SSSR count). The summed E-state index contributed by atoms with van der Waals surface area (Å²) in [7, 11) is 0. The van der Waals surface area contributed by atoms with E-state index in [-0.39, 0.29) is 31.9 Å². The van der Waals surface area contributed by atoms with E-state index in [1.165, 1.54) is 13.8 Å². The fourth-order valence-electron chi connectivity index (χ4n) is 3.74. The normalized spacial score (nSPS) is 11.9. The van der Waals surface area contributed by atoms with E-state index in [1.807, 2.05) is 6.07 Å². The maximum atomic E-state index is 13.0. The lowest BCUT2D eigenvalue weighted by molar-refractivity contribution is -0.152. The van der Waals surface area contributed by atoms with Crippen LogP contribution in [0.2, 0.25) is 0 Å². The summed E-state index contributed by atoms with van der Waals surface area (Å²) in [6.07, 6.45) is -0.848. The Bertz CT molecular complexity index is 1170. The molecule has 1 aromatic heterocycles. The summed E-state index contributed by atoms with van der Waals surface area (Å²) in [5.74, 6) is -0.844. The van der Waals surface area contributed by atoms with Crippen LogP contribution in [0, 0.1) is 0 Å². The van der Waals surface area contributed by atoms with Crippen molar-refractivity contribution in [2.75, 3.05) is 11.9 Å². The molecule has 0 aliphatic heterocycles. The van der Waals surface area contributed by atoms with Gasteiger partial charge in [-0.1, -0.05) is 44.7 Å². The van der Waals surface area contributed by atoms with E-state index in [0.29, 0.717) is 18.6 Å². The highest BCUT2D eigenvalue weighted by Crippen LogP contribution is 2.22. The van der Waals surface area contributed by atoms with Gasteiger partial charge in [0.1, 0.15) is 5.75 Å². The smallest absolute Gasteiger partial charge is 0.389 e. The number of unbranched alkanes of at least 4 members (excludes halogenated alkanes) is 4. The molecule has 0 fully saturated rings. The van der Waals surface area contributed by atoms with Crippen LogP contribution in [0.15, 0.2) is 33.9 Å². The maximum absolute atomic E-state index is 13.0. The minimum absolute atomic E-state index is 0.107. The van der Waals surface area contributed by atoms with Gasteiger partial charge in [-0.15, -0.1) is 5.10 Å². The molecular weight excluding hydrogens is 505 g/mol. The summed E-state index contributed by atoms with van der Waals surface area (Å²) in [5.41, 5.74) is -1.95. The van der Waals surface area contributed by atoms with Gasteiger partial charge in [-0.05, 0) is 50.8 Å². The van der Waals surface area contributed by atoms with Gasteiger partial charge < -0.3 is 15.2 Å². The minimum Gasteiger partial charge on any atom is -0.478 e. The number of nitrogens with zero attached hydrogens (tertiary/aromatic N) is 3. The lowest BCUT2D eigenvalue weighted by atomic mass is 10.1. The molecule has 2 aromatic rings. The van der Waals surface area contributed by atoms with E-state index in [2.05, 4.69) is 17.3 Å². The van der Waals surface area contributed by atoms with Gasteiger partial charge in [-0.2, -0.15) is 13.2 Å². The maximum Gasteiger partial charge on any atom is 0.389 e. The van der Waals surface area contributed by atoms with Crippen molar-refractivity contribution < 1.29 is 27.8 Å². The molecule has 0 aliphatic rings. The van der Waals surface area contributed by atoms with Crippen molar-refractivity contribution in [3.8, 4) is 5.75 Å². The second kappa shape index (κ2) is 14.0. The highest BCUT2D eigenvalue weighted by atomic mass is 19.4. The van der Waals surface area contributed by atoms with Crippen molar-refractivity contribution in [1.29, 1.82) is 0 Å². The Morgan fingerprint density at radius 1 is 1.08 bits per heavy atom. The molecule has 0 amide bonds. The number of anilines is 1. The molecule has 0 saturated heterocycles. The third kappa shape index (κ3) is 9.86. The van der Waals surface area contributed by atoms with Crippen molar-refractivity contribution in [1.82, 2.24) is 14.3 Å². The number of carboxylic acid groups (broad SMARTS) is 1.